The summed E-state index contributed by atoms with van der Waals surface area (Å²) in [6, 6.07) is 9.73. The van der Waals surface area contributed by atoms with E-state index >= 15 is 0 Å². The molecule has 0 saturated carbocycles. The van der Waals surface area contributed by atoms with Crippen LogP contribution in [0.3, 0.4) is 0 Å². The topological polar surface area (TPSA) is 88.2 Å². The van der Waals surface area contributed by atoms with Crippen LogP contribution in [-0.2, 0) is 6.42 Å². The van der Waals surface area contributed by atoms with Crippen molar-refractivity contribution in [3.05, 3.63) is 59.7 Å². The van der Waals surface area contributed by atoms with Gasteiger partial charge in [-0.3, -0.25) is 9.69 Å². The van der Waals surface area contributed by atoms with Crippen molar-refractivity contribution in [2.45, 2.75) is 40.0 Å². The van der Waals surface area contributed by atoms with Gasteiger partial charge in [0.1, 0.15) is 12.1 Å². The number of aromatic nitrogens is 3. The number of hydrogen-bond donors (Lipinski definition) is 1. The predicted octanol–water partition coefficient (Wildman–Crippen LogP) is 4.22. The molecule has 4 rings (SSSR count). The number of nitrogens with zero attached hydrogens (tertiary/aromatic N) is 5. The van der Waals surface area contributed by atoms with E-state index in [0.29, 0.717) is 5.82 Å². The summed E-state index contributed by atoms with van der Waals surface area (Å²) in [7, 11) is 0. The molecule has 0 spiro atoms. The monoisotopic (exact) mass is 458 g/mol. The molecule has 1 amide bonds. The van der Waals surface area contributed by atoms with Crippen LogP contribution in [-0.4, -0.2) is 63.4 Å². The third-order valence-electron chi connectivity index (χ3n) is 6.55. The maximum atomic E-state index is 13.3. The Morgan fingerprint density at radius 2 is 1.76 bits per heavy atom. The molecule has 0 unspecified atom stereocenters. The first kappa shape index (κ1) is 23.8. The molecule has 1 saturated heterocycles. The first-order chi connectivity index (χ1) is 16.5. The number of nitrogens with two attached hydrogens (primary N) is 1. The van der Waals surface area contributed by atoms with Crippen molar-refractivity contribution >= 4 is 11.7 Å². The van der Waals surface area contributed by atoms with E-state index in [-0.39, 0.29) is 5.91 Å². The number of pyridine rings is 1. The minimum absolute atomic E-state index is 0.110. The molecule has 0 radical (unpaired) electrons. The largest absolute Gasteiger partial charge is 0.384 e. The lowest BCUT2D eigenvalue weighted by molar-refractivity contribution is 0.0635. The van der Waals surface area contributed by atoms with Gasteiger partial charge in [0.15, 0.2) is 0 Å². The summed E-state index contributed by atoms with van der Waals surface area (Å²) >= 11 is 0. The lowest BCUT2D eigenvalue weighted by Gasteiger charge is -2.35. The van der Waals surface area contributed by atoms with Crippen molar-refractivity contribution in [2.75, 3.05) is 38.5 Å². The number of carbonyl (C=O) groups is 1. The first-order valence-electron chi connectivity index (χ1n) is 12.2. The molecule has 0 bridgehead atoms. The van der Waals surface area contributed by atoms with Gasteiger partial charge in [-0.1, -0.05) is 26.3 Å². The average molecular weight is 459 g/mol. The number of benzene rings is 1. The Balaban J connectivity index is 1.60. The fourth-order valence-corrected chi connectivity index (χ4v) is 4.54. The van der Waals surface area contributed by atoms with E-state index in [0.717, 1.165) is 78.3 Å². The van der Waals surface area contributed by atoms with E-state index in [4.69, 9.17) is 5.73 Å². The highest BCUT2D eigenvalue weighted by Gasteiger charge is 2.23. The highest BCUT2D eigenvalue weighted by Crippen LogP contribution is 2.33. The smallest absolute Gasteiger partial charge is 0.254 e. The van der Waals surface area contributed by atoms with E-state index in [1.54, 1.807) is 18.6 Å². The highest BCUT2D eigenvalue weighted by molar-refractivity contribution is 5.96. The van der Waals surface area contributed by atoms with Gasteiger partial charge in [0, 0.05) is 54.6 Å². The number of rotatable bonds is 7. The van der Waals surface area contributed by atoms with Crippen molar-refractivity contribution in [2.24, 2.45) is 0 Å². The molecule has 2 aromatic heterocycles. The Kier molecular flexibility index (Phi) is 7.53. The van der Waals surface area contributed by atoms with Gasteiger partial charge >= 0.3 is 0 Å². The van der Waals surface area contributed by atoms with Crippen molar-refractivity contribution < 1.29 is 4.79 Å². The van der Waals surface area contributed by atoms with E-state index in [2.05, 4.69) is 39.8 Å². The first-order valence-corrected chi connectivity index (χ1v) is 12.2. The second-order valence-corrected chi connectivity index (χ2v) is 8.89. The van der Waals surface area contributed by atoms with Gasteiger partial charge in [0.2, 0.25) is 0 Å². The average Bonchev–Trinajstić information content (AvgIpc) is 2.87. The highest BCUT2D eigenvalue weighted by atomic mass is 16.2. The normalized spacial score (nSPS) is 14.4. The number of unbranched alkanes of at least 4 members (excludes halogenated alkanes) is 1. The van der Waals surface area contributed by atoms with Crippen LogP contribution in [0, 0.1) is 6.92 Å². The summed E-state index contributed by atoms with van der Waals surface area (Å²) in [6.45, 7) is 10.9. The van der Waals surface area contributed by atoms with Crippen LogP contribution >= 0.6 is 0 Å². The summed E-state index contributed by atoms with van der Waals surface area (Å²) in [4.78, 5) is 31.1. The molecule has 1 aromatic carbocycles. The number of nitrogen functional groups attached to an aromatic ring is 1. The standard InChI is InChI=1S/C27H34N6O/c1-4-6-11-32-12-14-33(15-13-32)27(34)22-9-7-20(16-19(22)3)26-25(23(5-2)30-18-31-26)21-8-10-24(28)29-17-21/h7-10,16-18H,4-6,11-15H2,1-3H3,(H2,28,29). The Morgan fingerprint density at radius 3 is 2.41 bits per heavy atom. The van der Waals surface area contributed by atoms with Crippen molar-refractivity contribution in [1.82, 2.24) is 24.8 Å². The van der Waals surface area contributed by atoms with Gasteiger partial charge in [-0.2, -0.15) is 0 Å². The van der Waals surface area contributed by atoms with Gasteiger partial charge in [0.05, 0.1) is 11.4 Å². The third-order valence-corrected chi connectivity index (χ3v) is 6.55. The van der Waals surface area contributed by atoms with E-state index in [1.165, 1.54) is 12.8 Å². The van der Waals surface area contributed by atoms with E-state index < -0.39 is 0 Å². The maximum Gasteiger partial charge on any atom is 0.254 e. The van der Waals surface area contributed by atoms with E-state index in [9.17, 15) is 4.79 Å². The van der Waals surface area contributed by atoms with Crippen LogP contribution in [0.2, 0.25) is 0 Å². The summed E-state index contributed by atoms with van der Waals surface area (Å²) in [6.07, 6.45) is 6.56. The third kappa shape index (κ3) is 5.09. The predicted molar refractivity (Wildman–Crippen MR) is 136 cm³/mol. The lowest BCUT2D eigenvalue weighted by Crippen LogP contribution is -2.48. The number of hydrogen-bond acceptors (Lipinski definition) is 6. The minimum Gasteiger partial charge on any atom is -0.384 e. The molecule has 1 aliphatic heterocycles. The molecule has 0 aliphatic carbocycles. The molecule has 1 aliphatic rings. The minimum atomic E-state index is 0.110. The van der Waals surface area contributed by atoms with Crippen LogP contribution in [0.15, 0.2) is 42.9 Å². The zero-order chi connectivity index (χ0) is 24.1. The number of amides is 1. The molecule has 178 valence electrons. The number of carbonyl (C=O) groups excluding carboxylic acids is 1. The molecule has 7 nitrogen and oxygen atoms in total. The summed E-state index contributed by atoms with van der Waals surface area (Å²) in [5, 5.41) is 0. The zero-order valence-electron chi connectivity index (χ0n) is 20.4. The van der Waals surface area contributed by atoms with E-state index in [1.807, 2.05) is 30.0 Å². The SMILES string of the molecule is CCCCN1CCN(C(=O)c2ccc(-c3ncnc(CC)c3-c3ccc(N)nc3)cc2C)CC1. The summed E-state index contributed by atoms with van der Waals surface area (Å²) in [5.41, 5.74) is 12.1. The van der Waals surface area contributed by atoms with Crippen LogP contribution in [0.4, 0.5) is 5.82 Å². The number of anilines is 1. The van der Waals surface area contributed by atoms with Crippen LogP contribution in [0.5, 0.6) is 0 Å². The molecular weight excluding hydrogens is 424 g/mol. The Bertz CT molecular complexity index is 1140. The molecular formula is C27H34N6O. The molecule has 0 atom stereocenters. The number of aryl methyl sites for hydroxylation is 2. The van der Waals surface area contributed by atoms with Gasteiger partial charge in [0.25, 0.3) is 5.91 Å². The Morgan fingerprint density at radius 1 is 1.00 bits per heavy atom. The molecule has 34 heavy (non-hydrogen) atoms. The molecule has 3 heterocycles. The zero-order valence-corrected chi connectivity index (χ0v) is 20.4. The molecule has 3 aromatic rings. The van der Waals surface area contributed by atoms with Crippen LogP contribution in [0.25, 0.3) is 22.4 Å². The molecule has 1 fully saturated rings. The van der Waals surface area contributed by atoms with Gasteiger partial charge < -0.3 is 10.6 Å². The number of piperazine rings is 1. The van der Waals surface area contributed by atoms with Gasteiger partial charge in [-0.25, -0.2) is 15.0 Å². The quantitative estimate of drug-likeness (QED) is 0.570. The van der Waals surface area contributed by atoms with Gasteiger partial charge in [-0.05, 0) is 56.1 Å². The maximum absolute atomic E-state index is 13.3. The van der Waals surface area contributed by atoms with Crippen LogP contribution in [0.1, 0.15) is 48.3 Å². The summed E-state index contributed by atoms with van der Waals surface area (Å²) in [5.74, 6) is 0.587. The second kappa shape index (κ2) is 10.7. The van der Waals surface area contributed by atoms with Crippen molar-refractivity contribution in [3.8, 4) is 22.4 Å². The molecule has 2 N–H and O–H groups in total. The van der Waals surface area contributed by atoms with Gasteiger partial charge in [-0.15, -0.1) is 0 Å². The summed E-state index contributed by atoms with van der Waals surface area (Å²) < 4.78 is 0. The molecule has 7 heteroatoms. The second-order valence-electron chi connectivity index (χ2n) is 8.89. The van der Waals surface area contributed by atoms with Crippen LogP contribution < -0.4 is 5.73 Å². The lowest BCUT2D eigenvalue weighted by atomic mass is 9.95. The van der Waals surface area contributed by atoms with Crippen molar-refractivity contribution in [1.29, 1.82) is 0 Å². The Labute approximate surface area is 202 Å². The Hall–Kier alpha value is -3.32. The fourth-order valence-electron chi connectivity index (χ4n) is 4.54. The fraction of sp³-hybridized carbons (Fsp3) is 0.407. The van der Waals surface area contributed by atoms with Crippen molar-refractivity contribution in [3.63, 3.8) is 0 Å².